The van der Waals surface area contributed by atoms with Gasteiger partial charge in [0.25, 0.3) is 0 Å². The molecule has 0 bridgehead atoms. The molecule has 2 aromatic heterocycles. The van der Waals surface area contributed by atoms with E-state index in [1.807, 2.05) is 11.8 Å². The summed E-state index contributed by atoms with van der Waals surface area (Å²) in [5.74, 6) is 0.901. The highest BCUT2D eigenvalue weighted by molar-refractivity contribution is 7.15. The zero-order valence-corrected chi connectivity index (χ0v) is 20.5. The van der Waals surface area contributed by atoms with Gasteiger partial charge in [0.15, 0.2) is 0 Å². The number of amides is 3. The number of carbonyl (C=O) groups excluding carboxylic acids is 2. The number of aromatic nitrogens is 4. The maximum absolute atomic E-state index is 12.7. The standard InChI is InChI=1S/C21H31N9O3S/c1-14-26-27-19(34-14)25-20(31)29(3)15-5-4-10-30(13-15)18-22-9-6-17(23-18)24-21(32)33-16-7-11-28(2)12-8-16/h6,9,15-16H,4-5,7-8,10-13H2,1-3H3,(H,25,27,31)(H,22,23,24,32)/t15-/m1/s1. The first-order chi connectivity index (χ1) is 16.4. The fourth-order valence-corrected chi connectivity index (χ4v) is 4.69. The molecule has 184 valence electrons. The first kappa shape index (κ1) is 24.1. The van der Waals surface area contributed by atoms with Gasteiger partial charge in [-0.3, -0.25) is 10.6 Å². The molecule has 2 aliphatic heterocycles. The molecule has 2 aliphatic rings. The Morgan fingerprint density at radius 3 is 2.71 bits per heavy atom. The number of anilines is 3. The Morgan fingerprint density at radius 1 is 1.18 bits per heavy atom. The number of urea groups is 1. The molecule has 0 radical (unpaired) electrons. The third-order valence-corrected chi connectivity index (χ3v) is 6.85. The highest BCUT2D eigenvalue weighted by Crippen LogP contribution is 2.22. The largest absolute Gasteiger partial charge is 0.446 e. The van der Waals surface area contributed by atoms with Gasteiger partial charge < -0.3 is 19.4 Å². The van der Waals surface area contributed by atoms with Gasteiger partial charge in [0.2, 0.25) is 11.1 Å². The first-order valence-electron chi connectivity index (χ1n) is 11.5. The number of nitrogens with one attached hydrogen (secondary N) is 2. The van der Waals surface area contributed by atoms with Gasteiger partial charge in [0.05, 0.1) is 6.04 Å². The number of rotatable bonds is 5. The maximum atomic E-state index is 12.7. The van der Waals surface area contributed by atoms with Crippen molar-refractivity contribution in [3.05, 3.63) is 17.3 Å². The molecule has 0 aliphatic carbocycles. The number of hydrogen-bond donors (Lipinski definition) is 2. The lowest BCUT2D eigenvalue weighted by atomic mass is 10.1. The molecule has 2 fully saturated rings. The van der Waals surface area contributed by atoms with Gasteiger partial charge in [0.1, 0.15) is 16.9 Å². The van der Waals surface area contributed by atoms with E-state index in [-0.39, 0.29) is 18.2 Å². The Balaban J connectivity index is 1.32. The van der Waals surface area contributed by atoms with Crippen LogP contribution in [0, 0.1) is 6.92 Å². The number of likely N-dealkylation sites (tertiary alicyclic amines) is 1. The summed E-state index contributed by atoms with van der Waals surface area (Å²) in [5, 5.41) is 14.7. The molecule has 12 nitrogen and oxygen atoms in total. The van der Waals surface area contributed by atoms with Gasteiger partial charge in [-0.25, -0.2) is 14.6 Å². The van der Waals surface area contributed by atoms with Crippen molar-refractivity contribution in [3.63, 3.8) is 0 Å². The van der Waals surface area contributed by atoms with Gasteiger partial charge in [-0.15, -0.1) is 10.2 Å². The zero-order chi connectivity index (χ0) is 24.1. The SMILES string of the molecule is Cc1nnc(NC(=O)N(C)[C@@H]2CCCN(c3nccc(NC(=O)OC4CCN(C)CC4)n3)C2)s1. The van der Waals surface area contributed by atoms with Crippen LogP contribution in [-0.4, -0.2) is 94.5 Å². The molecular formula is C21H31N9O3S. The molecule has 3 amide bonds. The van der Waals surface area contributed by atoms with Crippen molar-refractivity contribution in [3.8, 4) is 0 Å². The van der Waals surface area contributed by atoms with Crippen molar-refractivity contribution >= 4 is 40.4 Å². The minimum absolute atomic E-state index is 0.0163. The number of aryl methyl sites for hydroxylation is 1. The fourth-order valence-electron chi connectivity index (χ4n) is 4.10. The first-order valence-corrected chi connectivity index (χ1v) is 12.3. The van der Waals surface area contributed by atoms with Crippen molar-refractivity contribution in [2.24, 2.45) is 0 Å². The summed E-state index contributed by atoms with van der Waals surface area (Å²) in [4.78, 5) is 39.8. The van der Waals surface area contributed by atoms with Crippen molar-refractivity contribution in [2.45, 2.75) is 44.8 Å². The van der Waals surface area contributed by atoms with E-state index in [2.05, 4.69) is 42.7 Å². The van der Waals surface area contributed by atoms with Crippen LogP contribution in [0.15, 0.2) is 12.3 Å². The molecular weight excluding hydrogens is 458 g/mol. The van der Waals surface area contributed by atoms with Crippen molar-refractivity contribution < 1.29 is 14.3 Å². The van der Waals surface area contributed by atoms with Crippen LogP contribution in [-0.2, 0) is 4.74 Å². The third kappa shape index (κ3) is 6.29. The lowest BCUT2D eigenvalue weighted by molar-refractivity contribution is 0.0661. The van der Waals surface area contributed by atoms with E-state index >= 15 is 0 Å². The van der Waals surface area contributed by atoms with E-state index in [4.69, 9.17) is 4.74 Å². The molecule has 0 spiro atoms. The monoisotopic (exact) mass is 489 g/mol. The number of likely N-dealkylation sites (N-methyl/N-ethyl adjacent to an activating group) is 1. The Labute approximate surface area is 202 Å². The predicted octanol–water partition coefficient (Wildman–Crippen LogP) is 2.41. The summed E-state index contributed by atoms with van der Waals surface area (Å²) in [6, 6.07) is 1.40. The van der Waals surface area contributed by atoms with E-state index in [1.165, 1.54) is 11.3 Å². The van der Waals surface area contributed by atoms with Crippen LogP contribution in [0.3, 0.4) is 0 Å². The maximum Gasteiger partial charge on any atom is 0.413 e. The second-order valence-electron chi connectivity index (χ2n) is 8.68. The Bertz CT molecular complexity index is 995. The summed E-state index contributed by atoms with van der Waals surface area (Å²) >= 11 is 1.34. The summed E-state index contributed by atoms with van der Waals surface area (Å²) in [6.07, 6.45) is 4.45. The summed E-state index contributed by atoms with van der Waals surface area (Å²) in [6.45, 7) is 5.03. The van der Waals surface area contributed by atoms with Gasteiger partial charge in [-0.2, -0.15) is 4.98 Å². The van der Waals surface area contributed by atoms with Gasteiger partial charge in [0, 0.05) is 39.4 Å². The molecule has 1 atom stereocenters. The van der Waals surface area contributed by atoms with E-state index in [0.29, 0.717) is 23.4 Å². The molecule has 4 heterocycles. The van der Waals surface area contributed by atoms with E-state index in [9.17, 15) is 9.59 Å². The van der Waals surface area contributed by atoms with Crippen molar-refractivity contribution in [1.29, 1.82) is 0 Å². The molecule has 2 aromatic rings. The van der Waals surface area contributed by atoms with E-state index < -0.39 is 6.09 Å². The van der Waals surface area contributed by atoms with Crippen LogP contribution in [0.2, 0.25) is 0 Å². The van der Waals surface area contributed by atoms with Crippen molar-refractivity contribution in [2.75, 3.05) is 55.8 Å². The molecule has 0 saturated carbocycles. The third-order valence-electron chi connectivity index (χ3n) is 6.10. The van der Waals surface area contributed by atoms with Crippen LogP contribution in [0.5, 0.6) is 0 Å². The molecule has 4 rings (SSSR count). The highest BCUT2D eigenvalue weighted by Gasteiger charge is 2.28. The average Bonchev–Trinajstić information content (AvgIpc) is 3.24. The fraction of sp³-hybridized carbons (Fsp3) is 0.619. The van der Waals surface area contributed by atoms with Gasteiger partial charge in [-0.05, 0) is 45.7 Å². The van der Waals surface area contributed by atoms with Crippen LogP contribution in [0.25, 0.3) is 0 Å². The van der Waals surface area contributed by atoms with Crippen LogP contribution in [0.4, 0.5) is 26.5 Å². The smallest absolute Gasteiger partial charge is 0.413 e. The lowest BCUT2D eigenvalue weighted by Gasteiger charge is -2.37. The lowest BCUT2D eigenvalue weighted by Crippen LogP contribution is -2.50. The Hall–Kier alpha value is -3.06. The highest BCUT2D eigenvalue weighted by atomic mass is 32.1. The summed E-state index contributed by atoms with van der Waals surface area (Å²) in [7, 11) is 3.84. The van der Waals surface area contributed by atoms with Crippen molar-refractivity contribution in [1.82, 2.24) is 30.0 Å². The molecule has 0 aromatic carbocycles. The minimum Gasteiger partial charge on any atom is -0.446 e. The predicted molar refractivity (Wildman–Crippen MR) is 129 cm³/mol. The van der Waals surface area contributed by atoms with Gasteiger partial charge >= 0.3 is 12.1 Å². The van der Waals surface area contributed by atoms with Crippen LogP contribution in [0.1, 0.15) is 30.7 Å². The molecule has 0 unspecified atom stereocenters. The number of hydrogen-bond acceptors (Lipinski definition) is 10. The Kier molecular flexibility index (Phi) is 7.73. The number of nitrogens with zero attached hydrogens (tertiary/aromatic N) is 7. The quantitative estimate of drug-likeness (QED) is 0.650. The zero-order valence-electron chi connectivity index (χ0n) is 19.7. The van der Waals surface area contributed by atoms with Crippen LogP contribution >= 0.6 is 11.3 Å². The minimum atomic E-state index is -0.501. The summed E-state index contributed by atoms with van der Waals surface area (Å²) < 4.78 is 5.54. The Morgan fingerprint density at radius 2 is 1.97 bits per heavy atom. The summed E-state index contributed by atoms with van der Waals surface area (Å²) in [5.41, 5.74) is 0. The van der Waals surface area contributed by atoms with E-state index in [1.54, 1.807) is 24.2 Å². The second kappa shape index (κ2) is 10.9. The normalized spacial score (nSPS) is 19.5. The number of ether oxygens (including phenoxy) is 1. The molecule has 2 N–H and O–H groups in total. The molecule has 13 heteroatoms. The van der Waals surface area contributed by atoms with E-state index in [0.717, 1.165) is 50.3 Å². The molecule has 2 saturated heterocycles. The number of carbonyl (C=O) groups is 2. The van der Waals surface area contributed by atoms with Crippen LogP contribution < -0.4 is 15.5 Å². The second-order valence-corrected chi connectivity index (χ2v) is 9.87. The van der Waals surface area contributed by atoms with Gasteiger partial charge in [-0.1, -0.05) is 11.3 Å². The molecule has 34 heavy (non-hydrogen) atoms. The average molecular weight is 490 g/mol. The topological polar surface area (TPSA) is 129 Å². The number of piperidine rings is 2.